The van der Waals surface area contributed by atoms with Crippen LogP contribution in [0.1, 0.15) is 5.69 Å². The van der Waals surface area contributed by atoms with E-state index in [9.17, 15) is 0 Å². The molecule has 0 unspecified atom stereocenters. The molecule has 78 valence electrons. The van der Waals surface area contributed by atoms with Crippen LogP contribution in [0.3, 0.4) is 0 Å². The molecule has 1 N–H and O–H groups in total. The van der Waals surface area contributed by atoms with Crippen LogP contribution in [-0.4, -0.2) is 4.98 Å². The monoisotopic (exact) mass is 273 g/mol. The van der Waals surface area contributed by atoms with Gasteiger partial charge in [-0.1, -0.05) is 15.9 Å². The third kappa shape index (κ3) is 2.38. The Labute approximate surface area is 102 Å². The van der Waals surface area contributed by atoms with Gasteiger partial charge in [-0.2, -0.15) is 5.26 Å². The van der Waals surface area contributed by atoms with Gasteiger partial charge in [0.15, 0.2) is 5.69 Å². The Kier molecular flexibility index (Phi) is 3.18. The zero-order chi connectivity index (χ0) is 11.4. The normalized spacial score (nSPS) is 9.50. The van der Waals surface area contributed by atoms with E-state index in [1.165, 1.54) is 0 Å². The number of nitrogens with one attached hydrogen (secondary N) is 1. The highest BCUT2D eigenvalue weighted by atomic mass is 79.9. The molecule has 2 rings (SSSR count). The molecule has 0 radical (unpaired) electrons. The van der Waals surface area contributed by atoms with Crippen LogP contribution in [0.2, 0.25) is 0 Å². The summed E-state index contributed by atoms with van der Waals surface area (Å²) in [6.45, 7) is 0. The van der Waals surface area contributed by atoms with Crippen LogP contribution >= 0.6 is 15.9 Å². The van der Waals surface area contributed by atoms with E-state index in [0.29, 0.717) is 11.4 Å². The largest absolute Gasteiger partial charge is 0.353 e. The maximum absolute atomic E-state index is 8.88. The number of aromatic nitrogens is 1. The molecule has 0 saturated heterocycles. The molecule has 0 aliphatic heterocycles. The van der Waals surface area contributed by atoms with Gasteiger partial charge in [-0.3, -0.25) is 0 Å². The molecule has 0 amide bonds. The number of nitrogens with zero attached hydrogens (tertiary/aromatic N) is 2. The summed E-state index contributed by atoms with van der Waals surface area (Å²) in [7, 11) is 0. The van der Waals surface area contributed by atoms with E-state index in [1.807, 2.05) is 36.4 Å². The van der Waals surface area contributed by atoms with Crippen molar-refractivity contribution in [1.82, 2.24) is 4.98 Å². The molecule has 3 nitrogen and oxygen atoms in total. The summed E-state index contributed by atoms with van der Waals surface area (Å²) >= 11 is 3.37. The average molecular weight is 274 g/mol. The van der Waals surface area contributed by atoms with E-state index >= 15 is 0 Å². The Morgan fingerprint density at radius 3 is 2.62 bits per heavy atom. The van der Waals surface area contributed by atoms with Gasteiger partial charge in [0.2, 0.25) is 0 Å². The van der Waals surface area contributed by atoms with E-state index in [1.54, 1.807) is 12.3 Å². The van der Waals surface area contributed by atoms with Gasteiger partial charge in [0, 0.05) is 16.4 Å². The number of benzene rings is 1. The third-order valence-electron chi connectivity index (χ3n) is 2.04. The molecule has 1 heterocycles. The molecule has 0 aliphatic carbocycles. The van der Waals surface area contributed by atoms with Crippen molar-refractivity contribution >= 4 is 27.3 Å². The molecule has 0 spiro atoms. The molecule has 0 aliphatic rings. The molecule has 4 heteroatoms. The van der Waals surface area contributed by atoms with Crippen molar-refractivity contribution in [3.05, 3.63) is 52.8 Å². The topological polar surface area (TPSA) is 48.7 Å². The highest BCUT2D eigenvalue weighted by molar-refractivity contribution is 9.10. The van der Waals surface area contributed by atoms with E-state index in [0.717, 1.165) is 10.2 Å². The summed E-state index contributed by atoms with van der Waals surface area (Å²) in [5, 5.41) is 12.0. The molecule has 2 aromatic rings. The predicted molar refractivity (Wildman–Crippen MR) is 66.4 cm³/mol. The summed E-state index contributed by atoms with van der Waals surface area (Å²) < 4.78 is 1.02. The number of nitriles is 1. The van der Waals surface area contributed by atoms with E-state index < -0.39 is 0 Å². The van der Waals surface area contributed by atoms with Crippen molar-refractivity contribution in [2.75, 3.05) is 5.32 Å². The Morgan fingerprint density at radius 1 is 1.19 bits per heavy atom. The summed E-state index contributed by atoms with van der Waals surface area (Å²) in [4.78, 5) is 3.98. The first-order chi connectivity index (χ1) is 7.79. The van der Waals surface area contributed by atoms with Crippen molar-refractivity contribution < 1.29 is 0 Å². The van der Waals surface area contributed by atoms with Gasteiger partial charge in [0.1, 0.15) is 6.07 Å². The fourth-order valence-electron chi connectivity index (χ4n) is 1.28. The average Bonchev–Trinajstić information content (AvgIpc) is 2.33. The van der Waals surface area contributed by atoms with Gasteiger partial charge in [0.05, 0.1) is 5.69 Å². The number of rotatable bonds is 2. The smallest absolute Gasteiger partial charge is 0.163 e. The van der Waals surface area contributed by atoms with E-state index in [4.69, 9.17) is 5.26 Å². The minimum atomic E-state index is 0.394. The predicted octanol–water partition coefficient (Wildman–Crippen LogP) is 3.46. The Hall–Kier alpha value is -1.86. The molecule has 0 atom stereocenters. The molecule has 1 aromatic heterocycles. The van der Waals surface area contributed by atoms with Crippen molar-refractivity contribution in [3.63, 3.8) is 0 Å². The quantitative estimate of drug-likeness (QED) is 0.912. The van der Waals surface area contributed by atoms with Crippen LogP contribution in [0.4, 0.5) is 11.4 Å². The van der Waals surface area contributed by atoms with Gasteiger partial charge in [-0.25, -0.2) is 4.98 Å². The number of hydrogen-bond acceptors (Lipinski definition) is 3. The van der Waals surface area contributed by atoms with Crippen LogP contribution in [0.25, 0.3) is 0 Å². The number of hydrogen-bond donors (Lipinski definition) is 1. The highest BCUT2D eigenvalue weighted by Crippen LogP contribution is 2.20. The second-order valence-corrected chi connectivity index (χ2v) is 4.06. The fraction of sp³-hybridized carbons (Fsp3) is 0. The Morgan fingerprint density at radius 2 is 1.94 bits per heavy atom. The summed E-state index contributed by atoms with van der Waals surface area (Å²) in [5.41, 5.74) is 2.03. The number of pyridine rings is 1. The number of halogens is 1. The SMILES string of the molecule is N#Cc1ncccc1Nc1ccc(Br)cc1. The summed E-state index contributed by atoms with van der Waals surface area (Å²) in [5.74, 6) is 0. The standard InChI is InChI=1S/C12H8BrN3/c13-9-3-5-10(6-4-9)16-11-2-1-7-15-12(11)8-14/h1-7,16H. The van der Waals surface area contributed by atoms with Gasteiger partial charge in [-0.15, -0.1) is 0 Å². The first kappa shape index (κ1) is 10.7. The van der Waals surface area contributed by atoms with Gasteiger partial charge in [0.25, 0.3) is 0 Å². The van der Waals surface area contributed by atoms with E-state index in [2.05, 4.69) is 26.2 Å². The lowest BCUT2D eigenvalue weighted by molar-refractivity contribution is 1.26. The van der Waals surface area contributed by atoms with Crippen molar-refractivity contribution in [3.8, 4) is 6.07 Å². The maximum atomic E-state index is 8.88. The summed E-state index contributed by atoms with van der Waals surface area (Å²) in [6, 6.07) is 13.4. The molecule has 0 bridgehead atoms. The van der Waals surface area contributed by atoms with Gasteiger partial charge < -0.3 is 5.32 Å². The van der Waals surface area contributed by atoms with Gasteiger partial charge >= 0.3 is 0 Å². The van der Waals surface area contributed by atoms with Crippen molar-refractivity contribution in [2.24, 2.45) is 0 Å². The number of anilines is 2. The molecule has 0 saturated carbocycles. The molecule has 0 fully saturated rings. The van der Waals surface area contributed by atoms with Crippen LogP contribution in [-0.2, 0) is 0 Å². The van der Waals surface area contributed by atoms with Crippen LogP contribution in [0.15, 0.2) is 47.1 Å². The zero-order valence-corrected chi connectivity index (χ0v) is 9.90. The second kappa shape index (κ2) is 4.77. The fourth-order valence-corrected chi connectivity index (χ4v) is 1.55. The second-order valence-electron chi connectivity index (χ2n) is 3.14. The minimum absolute atomic E-state index is 0.394. The lowest BCUT2D eigenvalue weighted by atomic mass is 10.2. The van der Waals surface area contributed by atoms with E-state index in [-0.39, 0.29) is 0 Å². The van der Waals surface area contributed by atoms with Crippen molar-refractivity contribution in [1.29, 1.82) is 5.26 Å². The van der Waals surface area contributed by atoms with Crippen LogP contribution in [0, 0.1) is 11.3 Å². The Balaban J connectivity index is 2.27. The Bertz CT molecular complexity index is 529. The molecular formula is C12H8BrN3. The minimum Gasteiger partial charge on any atom is -0.353 e. The molecule has 1 aromatic carbocycles. The van der Waals surface area contributed by atoms with Crippen molar-refractivity contribution in [2.45, 2.75) is 0 Å². The molecule has 16 heavy (non-hydrogen) atoms. The lowest BCUT2D eigenvalue weighted by Crippen LogP contribution is -1.94. The first-order valence-electron chi connectivity index (χ1n) is 4.67. The highest BCUT2D eigenvalue weighted by Gasteiger charge is 2.01. The lowest BCUT2D eigenvalue weighted by Gasteiger charge is -2.06. The molecular weight excluding hydrogens is 266 g/mol. The first-order valence-corrected chi connectivity index (χ1v) is 5.46. The van der Waals surface area contributed by atoms with Crippen LogP contribution < -0.4 is 5.32 Å². The van der Waals surface area contributed by atoms with Gasteiger partial charge in [-0.05, 0) is 36.4 Å². The zero-order valence-electron chi connectivity index (χ0n) is 8.31. The summed E-state index contributed by atoms with van der Waals surface area (Å²) in [6.07, 6.45) is 1.60. The van der Waals surface area contributed by atoms with Crippen LogP contribution in [0.5, 0.6) is 0 Å². The maximum Gasteiger partial charge on any atom is 0.163 e. The third-order valence-corrected chi connectivity index (χ3v) is 2.57.